The van der Waals surface area contributed by atoms with Crippen molar-refractivity contribution in [1.29, 1.82) is 0 Å². The summed E-state index contributed by atoms with van der Waals surface area (Å²) in [6.07, 6.45) is 8.75. The summed E-state index contributed by atoms with van der Waals surface area (Å²) in [6.45, 7) is 6.14. The Morgan fingerprint density at radius 2 is 2.20 bits per heavy atom. The molecule has 0 aromatic rings. The summed E-state index contributed by atoms with van der Waals surface area (Å²) in [5.74, 6) is 0. The van der Waals surface area contributed by atoms with Crippen LogP contribution in [0.15, 0.2) is 28.9 Å². The molecule has 1 nitrogen and oxygen atoms in total. The molecule has 0 unspecified atom stereocenters. The van der Waals surface area contributed by atoms with Gasteiger partial charge in [-0.3, -0.25) is 4.99 Å². The van der Waals surface area contributed by atoms with Gasteiger partial charge in [-0.05, 0) is 26.3 Å². The van der Waals surface area contributed by atoms with Crippen LogP contribution in [0, 0.1) is 0 Å². The zero-order valence-electron chi connectivity index (χ0n) is 6.96. The highest BCUT2D eigenvalue weighted by Gasteiger charge is 1.72. The quantitative estimate of drug-likeness (QED) is 0.419. The lowest BCUT2D eigenvalue weighted by Gasteiger charge is -1.83. The molecule has 0 aromatic heterocycles. The summed E-state index contributed by atoms with van der Waals surface area (Å²) in [5.41, 5.74) is 1.24. The molecule has 0 heterocycles. The highest BCUT2D eigenvalue weighted by Crippen LogP contribution is 1.92. The maximum absolute atomic E-state index is 4.03. The van der Waals surface area contributed by atoms with Crippen molar-refractivity contribution >= 4 is 6.21 Å². The number of hydrogen-bond acceptors (Lipinski definition) is 1. The number of aliphatic imine (C=N–C) groups is 1. The molecule has 0 saturated heterocycles. The molecule has 10 heavy (non-hydrogen) atoms. The fourth-order valence-electron chi connectivity index (χ4n) is 0.423. The van der Waals surface area contributed by atoms with E-state index in [0.29, 0.717) is 0 Å². The van der Waals surface area contributed by atoms with Gasteiger partial charge in [0.2, 0.25) is 0 Å². The lowest BCUT2D eigenvalue weighted by Crippen LogP contribution is -1.65. The summed E-state index contributed by atoms with van der Waals surface area (Å²) < 4.78 is 0. The van der Waals surface area contributed by atoms with Gasteiger partial charge in [-0.25, -0.2) is 0 Å². The van der Waals surface area contributed by atoms with Crippen LogP contribution in [0.4, 0.5) is 0 Å². The predicted molar refractivity (Wildman–Crippen MR) is 47.4 cm³/mol. The van der Waals surface area contributed by atoms with E-state index in [4.69, 9.17) is 0 Å². The molecular formula is C9H15N. The van der Waals surface area contributed by atoms with Crippen LogP contribution in [0.25, 0.3) is 0 Å². The van der Waals surface area contributed by atoms with E-state index >= 15 is 0 Å². The minimum atomic E-state index is 0.999. The number of allylic oxidation sites excluding steroid dienone is 3. The van der Waals surface area contributed by atoms with Crippen molar-refractivity contribution in [1.82, 2.24) is 0 Å². The van der Waals surface area contributed by atoms with Gasteiger partial charge in [0.15, 0.2) is 0 Å². The third-order valence-electron chi connectivity index (χ3n) is 1.17. The smallest absolute Gasteiger partial charge is 0.0266 e. The normalized spacial score (nSPS) is 13.7. The van der Waals surface area contributed by atoms with Gasteiger partial charge < -0.3 is 0 Å². The molecule has 0 rings (SSSR count). The second-order valence-corrected chi connectivity index (χ2v) is 2.09. The molecule has 0 aromatic carbocycles. The van der Waals surface area contributed by atoms with Gasteiger partial charge in [0.25, 0.3) is 0 Å². The Bertz CT molecular complexity index is 152. The van der Waals surface area contributed by atoms with Gasteiger partial charge in [-0.2, -0.15) is 0 Å². The molecule has 0 bridgehead atoms. The Kier molecular flexibility index (Phi) is 5.74. The molecule has 0 radical (unpaired) electrons. The number of hydrogen-bond donors (Lipinski definition) is 0. The summed E-state index contributed by atoms with van der Waals surface area (Å²) in [6, 6.07) is 0. The van der Waals surface area contributed by atoms with Crippen molar-refractivity contribution < 1.29 is 0 Å². The topological polar surface area (TPSA) is 12.4 Å². The Hall–Kier alpha value is -0.850. The first-order chi connectivity index (χ1) is 4.81. The zero-order chi connectivity index (χ0) is 7.82. The van der Waals surface area contributed by atoms with Crippen LogP contribution in [0.1, 0.15) is 27.2 Å². The van der Waals surface area contributed by atoms with E-state index in [1.807, 2.05) is 25.4 Å². The van der Waals surface area contributed by atoms with Crippen LogP contribution >= 0.6 is 0 Å². The SMILES string of the molecule is C/C=C(C)\C=C/N=CCC. The van der Waals surface area contributed by atoms with Crippen molar-refractivity contribution in [3.05, 3.63) is 23.9 Å². The van der Waals surface area contributed by atoms with Crippen molar-refractivity contribution in [2.45, 2.75) is 27.2 Å². The van der Waals surface area contributed by atoms with Gasteiger partial charge in [0.05, 0.1) is 0 Å². The third kappa shape index (κ3) is 5.29. The first-order valence-electron chi connectivity index (χ1n) is 3.62. The average molecular weight is 137 g/mol. The van der Waals surface area contributed by atoms with Crippen molar-refractivity contribution in [3.63, 3.8) is 0 Å². The van der Waals surface area contributed by atoms with E-state index in [9.17, 15) is 0 Å². The molecule has 0 amide bonds. The van der Waals surface area contributed by atoms with Crippen LogP contribution in [0.3, 0.4) is 0 Å². The largest absolute Gasteiger partial charge is 0.269 e. The minimum Gasteiger partial charge on any atom is -0.269 e. The van der Waals surface area contributed by atoms with Gasteiger partial charge in [0, 0.05) is 12.4 Å². The fourth-order valence-corrected chi connectivity index (χ4v) is 0.423. The average Bonchev–Trinajstić information content (AvgIpc) is 1.98. The van der Waals surface area contributed by atoms with E-state index in [-0.39, 0.29) is 0 Å². The second kappa shape index (κ2) is 6.27. The summed E-state index contributed by atoms with van der Waals surface area (Å²) in [7, 11) is 0. The van der Waals surface area contributed by atoms with Crippen molar-refractivity contribution in [2.24, 2.45) is 4.99 Å². The highest BCUT2D eigenvalue weighted by molar-refractivity contribution is 5.57. The highest BCUT2D eigenvalue weighted by atomic mass is 14.7. The van der Waals surface area contributed by atoms with Crippen molar-refractivity contribution in [3.8, 4) is 0 Å². The summed E-state index contributed by atoms with van der Waals surface area (Å²) in [4.78, 5) is 4.03. The molecule has 0 spiro atoms. The lowest BCUT2D eigenvalue weighted by atomic mass is 10.3. The molecular weight excluding hydrogens is 122 g/mol. The van der Waals surface area contributed by atoms with E-state index in [0.717, 1.165) is 6.42 Å². The Morgan fingerprint density at radius 3 is 2.70 bits per heavy atom. The van der Waals surface area contributed by atoms with Gasteiger partial charge in [-0.15, -0.1) is 0 Å². The number of rotatable bonds is 3. The molecule has 0 atom stereocenters. The van der Waals surface area contributed by atoms with E-state index in [1.54, 1.807) is 0 Å². The van der Waals surface area contributed by atoms with Gasteiger partial charge >= 0.3 is 0 Å². The summed E-state index contributed by atoms with van der Waals surface area (Å²) in [5, 5.41) is 0. The Morgan fingerprint density at radius 1 is 1.50 bits per heavy atom. The standard InChI is InChI=1S/C9H15N/c1-4-7-10-8-6-9(3)5-2/h5-8H,4H2,1-3H3/b8-6-,9-5-,10-7?. The first-order valence-corrected chi connectivity index (χ1v) is 3.62. The van der Waals surface area contributed by atoms with Crippen molar-refractivity contribution in [2.75, 3.05) is 0 Å². The predicted octanol–water partition coefficient (Wildman–Crippen LogP) is 2.95. The first kappa shape index (κ1) is 9.15. The van der Waals surface area contributed by atoms with Crippen LogP contribution in [-0.4, -0.2) is 6.21 Å². The molecule has 1 heteroatoms. The molecule has 0 aliphatic rings. The molecule has 0 saturated carbocycles. The molecule has 0 N–H and O–H groups in total. The van der Waals surface area contributed by atoms with Crippen LogP contribution in [0.5, 0.6) is 0 Å². The van der Waals surface area contributed by atoms with E-state index in [2.05, 4.69) is 24.9 Å². The fraction of sp³-hybridized carbons (Fsp3) is 0.444. The molecule has 0 fully saturated rings. The van der Waals surface area contributed by atoms with E-state index < -0.39 is 0 Å². The second-order valence-electron chi connectivity index (χ2n) is 2.09. The van der Waals surface area contributed by atoms with E-state index in [1.165, 1.54) is 5.57 Å². The number of nitrogens with zero attached hydrogens (tertiary/aromatic N) is 1. The van der Waals surface area contributed by atoms with Crippen LogP contribution < -0.4 is 0 Å². The Labute approximate surface area is 63.2 Å². The van der Waals surface area contributed by atoms with Crippen LogP contribution in [0.2, 0.25) is 0 Å². The monoisotopic (exact) mass is 137 g/mol. The van der Waals surface area contributed by atoms with Gasteiger partial charge in [0.1, 0.15) is 0 Å². The maximum Gasteiger partial charge on any atom is 0.0266 e. The Balaban J connectivity index is 3.66. The zero-order valence-corrected chi connectivity index (χ0v) is 6.96. The minimum absolute atomic E-state index is 0.999. The van der Waals surface area contributed by atoms with Gasteiger partial charge in [-0.1, -0.05) is 18.6 Å². The maximum atomic E-state index is 4.03. The molecule has 0 aliphatic heterocycles. The van der Waals surface area contributed by atoms with Crippen LogP contribution in [-0.2, 0) is 0 Å². The molecule has 56 valence electrons. The summed E-state index contributed by atoms with van der Waals surface area (Å²) >= 11 is 0. The lowest BCUT2D eigenvalue weighted by molar-refractivity contribution is 1.31. The molecule has 0 aliphatic carbocycles. The third-order valence-corrected chi connectivity index (χ3v) is 1.17.